The average Bonchev–Trinajstić information content (AvgIpc) is 2.39. The second-order valence-corrected chi connectivity index (χ2v) is 7.36. The van der Waals surface area contributed by atoms with Gasteiger partial charge in [0.05, 0.1) is 11.0 Å². The van der Waals surface area contributed by atoms with Crippen LogP contribution in [0.15, 0.2) is 23.1 Å². The van der Waals surface area contributed by atoms with Crippen LogP contribution in [0, 0.1) is 25.2 Å². The fourth-order valence-corrected chi connectivity index (χ4v) is 4.60. The minimum absolute atomic E-state index is 0.293. The Morgan fingerprint density at radius 1 is 1.26 bits per heavy atom. The molecule has 1 aromatic rings. The maximum absolute atomic E-state index is 12.8. The van der Waals surface area contributed by atoms with Crippen LogP contribution in [0.1, 0.15) is 24.0 Å². The highest BCUT2D eigenvalue weighted by Crippen LogP contribution is 2.34. The molecule has 0 saturated carbocycles. The lowest BCUT2D eigenvalue weighted by Crippen LogP contribution is -2.46. The van der Waals surface area contributed by atoms with Crippen LogP contribution in [0.4, 0.5) is 0 Å². The molecule has 4 nitrogen and oxygen atoms in total. The van der Waals surface area contributed by atoms with Gasteiger partial charge in [-0.25, -0.2) is 8.42 Å². The Balaban J connectivity index is 2.55. The molecule has 1 fully saturated rings. The zero-order chi connectivity index (χ0) is 14.1. The molecule has 0 aliphatic carbocycles. The smallest absolute Gasteiger partial charge is 0.197 e. The predicted molar refractivity (Wildman–Crippen MR) is 73.5 cm³/mol. The van der Waals surface area contributed by atoms with E-state index in [4.69, 9.17) is 0 Å². The summed E-state index contributed by atoms with van der Waals surface area (Å²) in [6.45, 7) is 4.84. The highest BCUT2D eigenvalue weighted by Gasteiger charge is 2.46. The van der Waals surface area contributed by atoms with Gasteiger partial charge in [-0.05, 0) is 51.4 Å². The van der Waals surface area contributed by atoms with E-state index in [1.54, 1.807) is 19.1 Å². The number of piperidine rings is 1. The zero-order valence-electron chi connectivity index (χ0n) is 11.2. The van der Waals surface area contributed by atoms with Crippen LogP contribution in [0.3, 0.4) is 0 Å². The molecular formula is C14H18N2O2S. The van der Waals surface area contributed by atoms with Gasteiger partial charge in [-0.15, -0.1) is 0 Å². The number of rotatable bonds is 2. The van der Waals surface area contributed by atoms with E-state index in [-0.39, 0.29) is 0 Å². The van der Waals surface area contributed by atoms with Crippen molar-refractivity contribution in [3.05, 3.63) is 29.3 Å². The number of nitrogens with zero attached hydrogens (tertiary/aromatic N) is 1. The molecule has 5 heteroatoms. The zero-order valence-corrected chi connectivity index (χ0v) is 12.0. The van der Waals surface area contributed by atoms with Crippen molar-refractivity contribution in [2.45, 2.75) is 36.3 Å². The van der Waals surface area contributed by atoms with Crippen molar-refractivity contribution in [2.24, 2.45) is 0 Å². The monoisotopic (exact) mass is 278 g/mol. The van der Waals surface area contributed by atoms with Crippen molar-refractivity contribution in [2.75, 3.05) is 13.1 Å². The van der Waals surface area contributed by atoms with Crippen molar-refractivity contribution >= 4 is 9.84 Å². The van der Waals surface area contributed by atoms with Gasteiger partial charge in [0.15, 0.2) is 14.6 Å². The fourth-order valence-electron chi connectivity index (χ4n) is 2.58. The van der Waals surface area contributed by atoms with E-state index in [9.17, 15) is 13.7 Å². The third-order valence-corrected chi connectivity index (χ3v) is 6.31. The van der Waals surface area contributed by atoms with Crippen LogP contribution in [0.2, 0.25) is 0 Å². The Morgan fingerprint density at radius 2 is 1.89 bits per heavy atom. The number of aryl methyl sites for hydroxylation is 2. The van der Waals surface area contributed by atoms with Crippen molar-refractivity contribution in [1.82, 2.24) is 5.32 Å². The highest BCUT2D eigenvalue weighted by molar-refractivity contribution is 7.93. The van der Waals surface area contributed by atoms with E-state index in [0.717, 1.165) is 5.56 Å². The molecule has 1 heterocycles. The summed E-state index contributed by atoms with van der Waals surface area (Å²) in [5.41, 5.74) is 1.74. The normalized spacial score (nSPS) is 18.8. The molecule has 2 rings (SSSR count). The standard InChI is InChI=1S/C14H18N2O2S/c1-11-3-4-13(12(2)9-11)19(17,18)14(10-15)5-7-16-8-6-14/h3-4,9,16H,5-8H2,1-2H3. The molecule has 102 valence electrons. The van der Waals surface area contributed by atoms with Crippen molar-refractivity contribution in [1.29, 1.82) is 5.26 Å². The molecule has 1 aliphatic rings. The number of benzene rings is 1. The Hall–Kier alpha value is -1.38. The van der Waals surface area contributed by atoms with Crippen LogP contribution < -0.4 is 5.32 Å². The van der Waals surface area contributed by atoms with E-state index in [2.05, 4.69) is 11.4 Å². The van der Waals surface area contributed by atoms with Gasteiger partial charge in [0.2, 0.25) is 0 Å². The van der Waals surface area contributed by atoms with Crippen molar-refractivity contribution in [3.8, 4) is 6.07 Å². The lowest BCUT2D eigenvalue weighted by atomic mass is 9.99. The molecule has 0 radical (unpaired) electrons. The molecule has 1 N–H and O–H groups in total. The minimum atomic E-state index is -3.62. The summed E-state index contributed by atoms with van der Waals surface area (Å²) in [5, 5.41) is 12.5. The second-order valence-electron chi connectivity index (χ2n) is 5.13. The number of hydrogen-bond donors (Lipinski definition) is 1. The quantitative estimate of drug-likeness (QED) is 0.894. The Morgan fingerprint density at radius 3 is 2.42 bits per heavy atom. The summed E-state index contributed by atoms with van der Waals surface area (Å²) in [7, 11) is -3.62. The van der Waals surface area contributed by atoms with E-state index in [0.29, 0.717) is 36.4 Å². The largest absolute Gasteiger partial charge is 0.317 e. The first-order valence-electron chi connectivity index (χ1n) is 6.37. The molecule has 0 aromatic heterocycles. The molecule has 0 spiro atoms. The van der Waals surface area contributed by atoms with Gasteiger partial charge in [-0.3, -0.25) is 0 Å². The summed E-state index contributed by atoms with van der Waals surface area (Å²) in [6, 6.07) is 7.33. The van der Waals surface area contributed by atoms with Gasteiger partial charge in [0, 0.05) is 0 Å². The summed E-state index contributed by atoms with van der Waals surface area (Å²) in [4.78, 5) is 0.293. The number of hydrogen-bond acceptors (Lipinski definition) is 4. The molecule has 0 amide bonds. The Labute approximate surface area is 114 Å². The van der Waals surface area contributed by atoms with Gasteiger partial charge in [0.25, 0.3) is 0 Å². The summed E-state index contributed by atoms with van der Waals surface area (Å²) in [5.74, 6) is 0. The fraction of sp³-hybridized carbons (Fsp3) is 0.500. The molecular weight excluding hydrogens is 260 g/mol. The van der Waals surface area contributed by atoms with Gasteiger partial charge < -0.3 is 5.32 Å². The minimum Gasteiger partial charge on any atom is -0.317 e. The molecule has 1 aromatic carbocycles. The SMILES string of the molecule is Cc1ccc(S(=O)(=O)C2(C#N)CCNCC2)c(C)c1. The number of nitrogens with one attached hydrogen (secondary N) is 1. The van der Waals surface area contributed by atoms with Crippen LogP contribution in [-0.2, 0) is 9.84 Å². The topological polar surface area (TPSA) is 70.0 Å². The van der Waals surface area contributed by atoms with E-state index < -0.39 is 14.6 Å². The maximum Gasteiger partial charge on any atom is 0.197 e. The highest BCUT2D eigenvalue weighted by atomic mass is 32.2. The van der Waals surface area contributed by atoms with Crippen LogP contribution in [-0.4, -0.2) is 26.3 Å². The predicted octanol–water partition coefficient (Wildman–Crippen LogP) is 1.72. The average molecular weight is 278 g/mol. The van der Waals surface area contributed by atoms with Crippen molar-refractivity contribution in [3.63, 3.8) is 0 Å². The van der Waals surface area contributed by atoms with Crippen LogP contribution in [0.25, 0.3) is 0 Å². The first kappa shape index (κ1) is 14.0. The van der Waals surface area contributed by atoms with E-state index >= 15 is 0 Å². The first-order valence-corrected chi connectivity index (χ1v) is 7.85. The summed E-state index contributed by atoms with van der Waals surface area (Å²) < 4.78 is 24.4. The van der Waals surface area contributed by atoms with E-state index in [1.165, 1.54) is 0 Å². The molecule has 0 atom stereocenters. The maximum atomic E-state index is 12.8. The molecule has 1 saturated heterocycles. The molecule has 0 bridgehead atoms. The van der Waals surface area contributed by atoms with E-state index in [1.807, 2.05) is 13.0 Å². The van der Waals surface area contributed by atoms with Gasteiger partial charge >= 0.3 is 0 Å². The first-order chi connectivity index (χ1) is 8.93. The number of nitriles is 1. The summed E-state index contributed by atoms with van der Waals surface area (Å²) in [6.07, 6.45) is 0.693. The van der Waals surface area contributed by atoms with Crippen molar-refractivity contribution < 1.29 is 8.42 Å². The van der Waals surface area contributed by atoms with Crippen LogP contribution >= 0.6 is 0 Å². The lowest BCUT2D eigenvalue weighted by Gasteiger charge is -2.31. The third-order valence-electron chi connectivity index (χ3n) is 3.75. The molecule has 19 heavy (non-hydrogen) atoms. The second kappa shape index (κ2) is 4.95. The lowest BCUT2D eigenvalue weighted by molar-refractivity contribution is 0.444. The Bertz CT molecular complexity index is 623. The summed E-state index contributed by atoms with van der Waals surface area (Å²) >= 11 is 0. The number of sulfone groups is 1. The molecule has 0 unspecified atom stereocenters. The van der Waals surface area contributed by atoms with Gasteiger partial charge in [0.1, 0.15) is 0 Å². The van der Waals surface area contributed by atoms with Gasteiger partial charge in [-0.2, -0.15) is 5.26 Å². The Kier molecular flexibility index (Phi) is 3.66. The van der Waals surface area contributed by atoms with Crippen LogP contribution in [0.5, 0.6) is 0 Å². The third kappa shape index (κ3) is 2.26. The van der Waals surface area contributed by atoms with Gasteiger partial charge in [-0.1, -0.05) is 17.7 Å². The molecule has 1 aliphatic heterocycles.